The minimum absolute atomic E-state index is 0.0920. The number of nitrogens with one attached hydrogen (secondary N) is 2. The molecule has 1 aliphatic heterocycles. The van der Waals surface area contributed by atoms with Crippen LogP contribution in [0.1, 0.15) is 12.0 Å². The topological polar surface area (TPSA) is 108 Å². The number of rotatable bonds is 5. The third-order valence-electron chi connectivity index (χ3n) is 4.36. The summed E-state index contributed by atoms with van der Waals surface area (Å²) in [6, 6.07) is 15.5. The molecule has 2 N–H and O–H groups in total. The second-order valence-corrected chi connectivity index (χ2v) is 10.6. The van der Waals surface area contributed by atoms with Crippen molar-refractivity contribution >= 4 is 73.6 Å². The number of hydrazone groups is 1. The summed E-state index contributed by atoms with van der Waals surface area (Å²) in [7, 11) is -4.06. The van der Waals surface area contributed by atoms with Gasteiger partial charge in [0.15, 0.2) is 0 Å². The molecule has 4 rings (SSSR count). The predicted octanol–water partition coefficient (Wildman–Crippen LogP) is 4.71. The van der Waals surface area contributed by atoms with Crippen molar-refractivity contribution in [2.24, 2.45) is 5.10 Å². The molecule has 0 radical (unpaired) electrons. The smallest absolute Gasteiger partial charge is 0.307 e. The van der Waals surface area contributed by atoms with Crippen LogP contribution in [0.4, 0.5) is 16.2 Å². The predicted molar refractivity (Wildman–Crippen MR) is 125 cm³/mol. The van der Waals surface area contributed by atoms with Gasteiger partial charge in [0, 0.05) is 5.69 Å². The van der Waals surface area contributed by atoms with Gasteiger partial charge >= 0.3 is 6.03 Å². The maximum absolute atomic E-state index is 12.5. The highest BCUT2D eigenvalue weighted by Gasteiger charge is 2.28. The van der Waals surface area contributed by atoms with Crippen molar-refractivity contribution < 1.29 is 18.0 Å². The molecule has 1 aliphatic rings. The van der Waals surface area contributed by atoms with Crippen LogP contribution in [-0.2, 0) is 14.8 Å². The van der Waals surface area contributed by atoms with E-state index in [0.717, 1.165) is 16.9 Å². The van der Waals surface area contributed by atoms with E-state index in [-0.39, 0.29) is 31.6 Å². The number of hydrogen-bond donors (Lipinski definition) is 2. The molecule has 0 bridgehead atoms. The number of carbonyl (C=O) groups is 2. The van der Waals surface area contributed by atoms with Crippen LogP contribution >= 0.6 is 34.5 Å². The van der Waals surface area contributed by atoms with Gasteiger partial charge in [0.25, 0.3) is 15.9 Å². The monoisotopic (exact) mass is 508 g/mol. The molecule has 2 aromatic carbocycles. The number of sulfonamides is 1. The first kappa shape index (κ1) is 22.3. The number of hydrogen-bond acceptors (Lipinski definition) is 6. The van der Waals surface area contributed by atoms with Crippen LogP contribution in [-0.4, -0.2) is 26.1 Å². The summed E-state index contributed by atoms with van der Waals surface area (Å²) in [4.78, 5) is 24.6. The highest BCUT2D eigenvalue weighted by Crippen LogP contribution is 2.32. The summed E-state index contributed by atoms with van der Waals surface area (Å²) in [6.45, 7) is 0. The molecule has 32 heavy (non-hydrogen) atoms. The zero-order valence-corrected chi connectivity index (χ0v) is 19.2. The van der Waals surface area contributed by atoms with E-state index in [4.69, 9.17) is 23.2 Å². The molecule has 0 spiro atoms. The third-order valence-corrected chi connectivity index (χ3v) is 7.71. The van der Waals surface area contributed by atoms with Crippen LogP contribution in [0.25, 0.3) is 0 Å². The van der Waals surface area contributed by atoms with E-state index in [1.54, 1.807) is 0 Å². The SMILES string of the molecule is O=C(Nc1ccc(N2N=C(c3ccccc3)CC2=O)c(Cl)c1)NS(=O)(=O)c1ccc(Cl)s1. The number of anilines is 2. The fraction of sp³-hybridized carbons (Fsp3) is 0.0500. The van der Waals surface area contributed by atoms with E-state index in [0.29, 0.717) is 11.4 Å². The van der Waals surface area contributed by atoms with Crippen molar-refractivity contribution in [1.82, 2.24) is 4.72 Å². The fourth-order valence-electron chi connectivity index (χ4n) is 2.94. The molecule has 0 fully saturated rings. The lowest BCUT2D eigenvalue weighted by molar-refractivity contribution is -0.116. The minimum atomic E-state index is -4.06. The molecule has 2 heterocycles. The van der Waals surface area contributed by atoms with Gasteiger partial charge in [0.1, 0.15) is 4.21 Å². The van der Waals surface area contributed by atoms with E-state index in [1.807, 2.05) is 35.1 Å². The molecule has 3 amide bonds. The first-order valence-corrected chi connectivity index (χ1v) is 12.1. The van der Waals surface area contributed by atoms with Crippen LogP contribution in [0.15, 0.2) is 70.0 Å². The normalized spacial score (nSPS) is 13.8. The number of carbonyl (C=O) groups excluding carboxylic acids is 2. The summed E-state index contributed by atoms with van der Waals surface area (Å²) in [6.07, 6.45) is 0.132. The van der Waals surface area contributed by atoms with Crippen molar-refractivity contribution in [3.8, 4) is 0 Å². The Labute approximate surface area is 197 Å². The average molecular weight is 509 g/mol. The number of benzene rings is 2. The lowest BCUT2D eigenvalue weighted by atomic mass is 10.1. The average Bonchev–Trinajstić information content (AvgIpc) is 3.35. The van der Waals surface area contributed by atoms with Gasteiger partial charge in [-0.2, -0.15) is 10.1 Å². The second kappa shape index (κ2) is 8.91. The molecule has 0 unspecified atom stereocenters. The van der Waals surface area contributed by atoms with Gasteiger partial charge in [-0.15, -0.1) is 11.3 Å². The van der Waals surface area contributed by atoms with Crippen LogP contribution < -0.4 is 15.0 Å². The molecule has 0 atom stereocenters. The third kappa shape index (κ3) is 4.78. The first-order valence-electron chi connectivity index (χ1n) is 9.07. The summed E-state index contributed by atoms with van der Waals surface area (Å²) < 4.78 is 26.5. The molecule has 0 saturated carbocycles. The van der Waals surface area contributed by atoms with Gasteiger partial charge < -0.3 is 5.32 Å². The van der Waals surface area contributed by atoms with E-state index < -0.39 is 16.1 Å². The largest absolute Gasteiger partial charge is 0.333 e. The number of urea groups is 1. The van der Waals surface area contributed by atoms with Gasteiger partial charge in [-0.1, -0.05) is 53.5 Å². The minimum Gasteiger partial charge on any atom is -0.307 e. The maximum Gasteiger partial charge on any atom is 0.333 e. The Morgan fingerprint density at radius 2 is 1.81 bits per heavy atom. The molecule has 12 heteroatoms. The molecular weight excluding hydrogens is 495 g/mol. The second-order valence-electron chi connectivity index (χ2n) is 6.58. The molecule has 0 aliphatic carbocycles. The quantitative estimate of drug-likeness (QED) is 0.520. The van der Waals surface area contributed by atoms with Crippen molar-refractivity contribution in [2.45, 2.75) is 10.6 Å². The van der Waals surface area contributed by atoms with Gasteiger partial charge in [-0.05, 0) is 35.9 Å². The highest BCUT2D eigenvalue weighted by atomic mass is 35.5. The first-order chi connectivity index (χ1) is 15.2. The van der Waals surface area contributed by atoms with Crippen LogP contribution in [0.2, 0.25) is 9.36 Å². The highest BCUT2D eigenvalue weighted by molar-refractivity contribution is 7.92. The van der Waals surface area contributed by atoms with Crippen molar-refractivity contribution in [2.75, 3.05) is 10.3 Å². The van der Waals surface area contributed by atoms with Gasteiger partial charge in [0.2, 0.25) is 0 Å². The van der Waals surface area contributed by atoms with Gasteiger partial charge in [-0.3, -0.25) is 4.79 Å². The molecular formula is C20H14Cl2N4O4S2. The van der Waals surface area contributed by atoms with E-state index in [1.165, 1.54) is 35.3 Å². The standard InChI is InChI=1S/C20H14Cl2N4O4S2/c21-14-10-13(23-20(28)25-32(29,30)19-9-8-17(22)31-19)6-7-16(14)26-18(27)11-15(24-26)12-4-2-1-3-5-12/h1-10H,11H2,(H2,23,25,28). The Bertz CT molecular complexity index is 1340. The number of halogens is 2. The molecule has 8 nitrogen and oxygen atoms in total. The van der Waals surface area contributed by atoms with Crippen molar-refractivity contribution in [3.63, 3.8) is 0 Å². The Hall–Kier alpha value is -2.92. The lowest BCUT2D eigenvalue weighted by Crippen LogP contribution is -2.34. The van der Waals surface area contributed by atoms with Crippen molar-refractivity contribution in [3.05, 3.63) is 75.6 Å². The summed E-state index contributed by atoms with van der Waals surface area (Å²) in [5.41, 5.74) is 2.03. The van der Waals surface area contributed by atoms with Gasteiger partial charge in [-0.25, -0.2) is 17.9 Å². The van der Waals surface area contributed by atoms with Crippen LogP contribution in [0.5, 0.6) is 0 Å². The lowest BCUT2D eigenvalue weighted by Gasteiger charge is -2.15. The Morgan fingerprint density at radius 1 is 1.06 bits per heavy atom. The molecule has 3 aromatic rings. The van der Waals surface area contributed by atoms with E-state index >= 15 is 0 Å². The summed E-state index contributed by atoms with van der Waals surface area (Å²) >= 11 is 12.9. The summed E-state index contributed by atoms with van der Waals surface area (Å²) in [5, 5.41) is 8.13. The summed E-state index contributed by atoms with van der Waals surface area (Å²) in [5.74, 6) is -0.245. The van der Waals surface area contributed by atoms with E-state index in [2.05, 4.69) is 10.4 Å². The zero-order chi connectivity index (χ0) is 22.9. The van der Waals surface area contributed by atoms with Crippen LogP contribution in [0.3, 0.4) is 0 Å². The number of nitrogens with zero attached hydrogens (tertiary/aromatic N) is 2. The Balaban J connectivity index is 1.48. The fourth-order valence-corrected chi connectivity index (χ4v) is 5.59. The van der Waals surface area contributed by atoms with Gasteiger partial charge in [0.05, 0.1) is 27.2 Å². The Kier molecular flexibility index (Phi) is 6.20. The maximum atomic E-state index is 12.5. The van der Waals surface area contributed by atoms with Crippen molar-refractivity contribution in [1.29, 1.82) is 0 Å². The van der Waals surface area contributed by atoms with E-state index in [9.17, 15) is 18.0 Å². The molecule has 1 aromatic heterocycles. The number of thiophene rings is 1. The zero-order valence-electron chi connectivity index (χ0n) is 16.1. The van der Waals surface area contributed by atoms with Crippen LogP contribution in [0, 0.1) is 0 Å². The number of amides is 3. The Morgan fingerprint density at radius 3 is 2.47 bits per heavy atom. The molecule has 0 saturated heterocycles. The molecule has 164 valence electrons.